The fraction of sp³-hybridized carbons (Fsp3) is 0.500. The molecule has 1 aromatic heterocycles. The maximum atomic E-state index is 12.8. The van der Waals surface area contributed by atoms with Crippen molar-refractivity contribution in [3.8, 4) is 0 Å². The Morgan fingerprint density at radius 1 is 1.23 bits per heavy atom. The molecule has 0 radical (unpaired) electrons. The fourth-order valence-electron chi connectivity index (χ4n) is 4.03. The van der Waals surface area contributed by atoms with E-state index in [2.05, 4.69) is 22.3 Å². The Hall–Kier alpha value is -2.32. The van der Waals surface area contributed by atoms with Crippen LogP contribution in [-0.4, -0.2) is 27.4 Å². The maximum Gasteiger partial charge on any atom is 0.295 e. The van der Waals surface area contributed by atoms with Crippen molar-refractivity contribution in [3.63, 3.8) is 0 Å². The van der Waals surface area contributed by atoms with Crippen molar-refractivity contribution in [2.75, 3.05) is 11.8 Å². The smallest absolute Gasteiger partial charge is 0.295 e. The Kier molecular flexibility index (Phi) is 7.20. The maximum absolute atomic E-state index is 12.8. The van der Waals surface area contributed by atoms with Crippen LogP contribution < -0.4 is 15.4 Å². The lowest BCUT2D eigenvalue weighted by Crippen LogP contribution is -2.28. The zero-order chi connectivity index (χ0) is 21.7. The van der Waals surface area contributed by atoms with E-state index < -0.39 is 15.9 Å². The van der Waals surface area contributed by atoms with E-state index in [9.17, 15) is 13.2 Å². The molecule has 3 rings (SSSR count). The molecule has 1 heterocycles. The second kappa shape index (κ2) is 9.66. The van der Waals surface area contributed by atoms with E-state index in [4.69, 9.17) is 4.42 Å². The molecule has 1 amide bonds. The van der Waals surface area contributed by atoms with Crippen molar-refractivity contribution in [3.05, 3.63) is 47.2 Å². The number of amides is 1. The van der Waals surface area contributed by atoms with Gasteiger partial charge in [-0.1, -0.05) is 43.9 Å². The summed E-state index contributed by atoms with van der Waals surface area (Å²) in [5, 5.41) is 5.71. The van der Waals surface area contributed by atoms with Crippen molar-refractivity contribution in [2.45, 2.75) is 63.6 Å². The van der Waals surface area contributed by atoms with Gasteiger partial charge in [0.05, 0.1) is 11.3 Å². The number of furan rings is 1. The number of anilines is 1. The average molecular weight is 434 g/mol. The number of hydrogen-bond acceptors (Lipinski definition) is 5. The van der Waals surface area contributed by atoms with E-state index >= 15 is 0 Å². The minimum atomic E-state index is -3.96. The molecule has 1 aliphatic rings. The molecule has 0 bridgehead atoms. The molecule has 0 aliphatic heterocycles. The van der Waals surface area contributed by atoms with Gasteiger partial charge in [-0.2, -0.15) is 8.42 Å². The summed E-state index contributed by atoms with van der Waals surface area (Å²) in [5.41, 5.74) is 1.55. The molecule has 1 aliphatic carbocycles. The van der Waals surface area contributed by atoms with E-state index in [1.807, 2.05) is 12.1 Å². The number of rotatable bonds is 9. The quantitative estimate of drug-likeness (QED) is 0.558. The van der Waals surface area contributed by atoms with Gasteiger partial charge in [0.2, 0.25) is 5.09 Å². The molecule has 3 N–H and O–H groups in total. The van der Waals surface area contributed by atoms with Crippen LogP contribution in [0.3, 0.4) is 0 Å². The molecule has 1 atom stereocenters. The van der Waals surface area contributed by atoms with E-state index in [1.54, 1.807) is 19.1 Å². The highest BCUT2D eigenvalue weighted by Crippen LogP contribution is 2.29. The molecule has 8 heteroatoms. The van der Waals surface area contributed by atoms with E-state index in [1.165, 1.54) is 38.8 Å². The summed E-state index contributed by atoms with van der Waals surface area (Å²) in [6.07, 6.45) is 6.42. The van der Waals surface area contributed by atoms with Crippen LogP contribution in [0.4, 0.5) is 5.69 Å². The molecular formula is C22H31N3O4S. The van der Waals surface area contributed by atoms with Crippen LogP contribution in [0.1, 0.15) is 60.7 Å². The Morgan fingerprint density at radius 3 is 2.63 bits per heavy atom. The number of carbonyl (C=O) groups excluding carboxylic acids is 1. The summed E-state index contributed by atoms with van der Waals surface area (Å²) in [6.45, 7) is 4.30. The summed E-state index contributed by atoms with van der Waals surface area (Å²) in [7, 11) is -2.48. The second-order valence-electron chi connectivity index (χ2n) is 8.05. The molecule has 1 aromatic carbocycles. The second-order valence-corrected chi connectivity index (χ2v) is 9.66. The molecule has 0 saturated heterocycles. The Morgan fingerprint density at radius 2 is 1.93 bits per heavy atom. The molecule has 0 spiro atoms. The third-order valence-electron chi connectivity index (χ3n) is 5.70. The number of carbonyl (C=O) groups is 1. The standard InChI is InChI=1S/C22H31N3O4S/c1-15(12-17-8-4-5-9-17)24-14-18-10-6-7-11-20(18)25-30(27,28)21-13-19(16(2)29-21)22(26)23-3/h6-7,10-11,13,15,17,24-25H,4-5,8-9,12,14H2,1-3H3,(H,23,26)/t15-/m0/s1. The number of hydrogen-bond donors (Lipinski definition) is 3. The number of aryl methyl sites for hydroxylation is 1. The topological polar surface area (TPSA) is 100 Å². The van der Waals surface area contributed by atoms with Crippen LogP contribution in [-0.2, 0) is 16.6 Å². The minimum absolute atomic E-state index is 0.202. The Balaban J connectivity index is 1.70. The zero-order valence-electron chi connectivity index (χ0n) is 17.8. The summed E-state index contributed by atoms with van der Waals surface area (Å²) < 4.78 is 33.6. The van der Waals surface area contributed by atoms with Gasteiger partial charge in [-0.15, -0.1) is 0 Å². The monoisotopic (exact) mass is 433 g/mol. The van der Waals surface area contributed by atoms with Crippen molar-refractivity contribution in [1.29, 1.82) is 0 Å². The summed E-state index contributed by atoms with van der Waals surface area (Å²) in [4.78, 5) is 11.9. The lowest BCUT2D eigenvalue weighted by atomic mass is 9.99. The lowest BCUT2D eigenvalue weighted by Gasteiger charge is -2.19. The molecule has 0 unspecified atom stereocenters. The first-order chi connectivity index (χ1) is 14.3. The largest absolute Gasteiger partial charge is 0.447 e. The van der Waals surface area contributed by atoms with Crippen molar-refractivity contribution in [2.24, 2.45) is 5.92 Å². The van der Waals surface area contributed by atoms with Crippen LogP contribution in [0, 0.1) is 12.8 Å². The first kappa shape index (κ1) is 22.4. The highest BCUT2D eigenvalue weighted by molar-refractivity contribution is 7.92. The molecule has 2 aromatic rings. The fourth-order valence-corrected chi connectivity index (χ4v) is 5.13. The van der Waals surface area contributed by atoms with Crippen LogP contribution >= 0.6 is 0 Å². The van der Waals surface area contributed by atoms with Gasteiger partial charge in [0.15, 0.2) is 0 Å². The first-order valence-electron chi connectivity index (χ1n) is 10.5. The first-order valence-corrected chi connectivity index (χ1v) is 11.9. The summed E-state index contributed by atoms with van der Waals surface area (Å²) in [5.74, 6) is 0.655. The molecule has 1 fully saturated rings. The van der Waals surface area contributed by atoms with Gasteiger partial charge in [-0.3, -0.25) is 9.52 Å². The van der Waals surface area contributed by atoms with E-state index in [-0.39, 0.29) is 16.4 Å². The normalized spacial score (nSPS) is 15.8. The highest BCUT2D eigenvalue weighted by Gasteiger charge is 2.24. The van der Waals surface area contributed by atoms with E-state index in [0.29, 0.717) is 18.3 Å². The van der Waals surface area contributed by atoms with Crippen LogP contribution in [0.5, 0.6) is 0 Å². The van der Waals surface area contributed by atoms with E-state index in [0.717, 1.165) is 17.9 Å². The highest BCUT2D eigenvalue weighted by atomic mass is 32.2. The van der Waals surface area contributed by atoms with Gasteiger partial charge in [0.25, 0.3) is 15.9 Å². The molecule has 164 valence electrons. The van der Waals surface area contributed by atoms with Gasteiger partial charge in [0.1, 0.15) is 5.76 Å². The predicted molar refractivity (Wildman–Crippen MR) is 117 cm³/mol. The summed E-state index contributed by atoms with van der Waals surface area (Å²) >= 11 is 0. The SMILES string of the molecule is CNC(=O)c1cc(S(=O)(=O)Nc2ccccc2CN[C@@H](C)CC2CCCC2)oc1C. The Labute approximate surface area is 178 Å². The van der Waals surface area contributed by atoms with Gasteiger partial charge in [-0.25, -0.2) is 0 Å². The Bertz CT molecular complexity index is 978. The van der Waals surface area contributed by atoms with Gasteiger partial charge < -0.3 is 15.1 Å². The van der Waals surface area contributed by atoms with Gasteiger partial charge in [-0.05, 0) is 37.8 Å². The number of sulfonamides is 1. The average Bonchev–Trinajstić information content (AvgIpc) is 3.36. The lowest BCUT2D eigenvalue weighted by molar-refractivity contribution is 0.0961. The number of nitrogens with one attached hydrogen (secondary N) is 3. The van der Waals surface area contributed by atoms with Gasteiger partial charge in [0, 0.05) is 25.7 Å². The van der Waals surface area contributed by atoms with Crippen LogP contribution in [0.15, 0.2) is 39.8 Å². The number of para-hydroxylation sites is 1. The predicted octanol–water partition coefficient (Wildman–Crippen LogP) is 3.81. The third kappa shape index (κ3) is 5.43. The van der Waals surface area contributed by atoms with Crippen molar-refractivity contribution >= 4 is 21.6 Å². The van der Waals surface area contributed by atoms with Gasteiger partial charge >= 0.3 is 0 Å². The third-order valence-corrected chi connectivity index (χ3v) is 6.92. The van der Waals surface area contributed by atoms with Crippen LogP contribution in [0.25, 0.3) is 0 Å². The molecular weight excluding hydrogens is 402 g/mol. The molecule has 30 heavy (non-hydrogen) atoms. The van der Waals surface area contributed by atoms with Crippen LogP contribution in [0.2, 0.25) is 0 Å². The minimum Gasteiger partial charge on any atom is -0.447 e. The molecule has 1 saturated carbocycles. The molecule has 7 nitrogen and oxygen atoms in total. The summed E-state index contributed by atoms with van der Waals surface area (Å²) in [6, 6.07) is 8.91. The zero-order valence-corrected chi connectivity index (χ0v) is 18.6. The number of benzene rings is 1. The van der Waals surface area contributed by atoms with Crippen molar-refractivity contribution < 1.29 is 17.6 Å². The van der Waals surface area contributed by atoms with Crippen molar-refractivity contribution in [1.82, 2.24) is 10.6 Å².